The van der Waals surface area contributed by atoms with Gasteiger partial charge in [-0.2, -0.15) is 0 Å². The summed E-state index contributed by atoms with van der Waals surface area (Å²) in [6.07, 6.45) is 0. The van der Waals surface area contributed by atoms with Gasteiger partial charge in [-0.25, -0.2) is 9.66 Å². The fourth-order valence-corrected chi connectivity index (χ4v) is 3.38. The molecule has 3 aromatic rings. The molecule has 96 valence electrons. The number of hydrogen-bond donors (Lipinski definition) is 1. The fourth-order valence-electron chi connectivity index (χ4n) is 2.16. The first-order chi connectivity index (χ1) is 9.09. The second kappa shape index (κ2) is 4.20. The molecule has 0 saturated heterocycles. The number of thiophene rings is 1. The number of nitrogens with zero attached hydrogens (tertiary/aromatic N) is 2. The standard InChI is InChI=1S/C14H13N3OS/c1-8-11-13(16-9(2)17(15)14(11)18)19-12(8)10-6-4-3-5-7-10/h3-7H,15H2,1-2H3. The van der Waals surface area contributed by atoms with Gasteiger partial charge in [0.2, 0.25) is 0 Å². The monoisotopic (exact) mass is 271 g/mol. The van der Waals surface area contributed by atoms with E-state index in [0.717, 1.165) is 25.5 Å². The van der Waals surface area contributed by atoms with E-state index in [0.29, 0.717) is 11.2 Å². The van der Waals surface area contributed by atoms with Gasteiger partial charge in [0.25, 0.3) is 5.56 Å². The Morgan fingerprint density at radius 2 is 1.89 bits per heavy atom. The highest BCUT2D eigenvalue weighted by atomic mass is 32.1. The van der Waals surface area contributed by atoms with Crippen LogP contribution in [0.4, 0.5) is 0 Å². The molecule has 1 aromatic carbocycles. The predicted molar refractivity (Wildman–Crippen MR) is 78.9 cm³/mol. The molecule has 4 nitrogen and oxygen atoms in total. The molecule has 0 fully saturated rings. The third-order valence-corrected chi connectivity index (χ3v) is 4.44. The van der Waals surface area contributed by atoms with Gasteiger partial charge in [0.15, 0.2) is 0 Å². The zero-order chi connectivity index (χ0) is 13.6. The predicted octanol–water partition coefficient (Wildman–Crippen LogP) is 2.46. The molecule has 0 radical (unpaired) electrons. The van der Waals surface area contributed by atoms with Gasteiger partial charge in [0.1, 0.15) is 10.7 Å². The maximum absolute atomic E-state index is 12.2. The molecule has 2 N–H and O–H groups in total. The summed E-state index contributed by atoms with van der Waals surface area (Å²) in [7, 11) is 0. The van der Waals surface area contributed by atoms with Gasteiger partial charge in [0.05, 0.1) is 5.39 Å². The summed E-state index contributed by atoms with van der Waals surface area (Å²) >= 11 is 1.53. The summed E-state index contributed by atoms with van der Waals surface area (Å²) < 4.78 is 1.11. The van der Waals surface area contributed by atoms with Crippen molar-refractivity contribution in [3.05, 3.63) is 52.1 Å². The number of fused-ring (bicyclic) bond motifs is 1. The first-order valence-electron chi connectivity index (χ1n) is 5.93. The molecule has 5 heteroatoms. The van der Waals surface area contributed by atoms with Crippen LogP contribution >= 0.6 is 11.3 Å². The van der Waals surface area contributed by atoms with Crippen molar-refractivity contribution in [3.8, 4) is 10.4 Å². The van der Waals surface area contributed by atoms with E-state index >= 15 is 0 Å². The Kier molecular flexibility index (Phi) is 2.64. The van der Waals surface area contributed by atoms with Gasteiger partial charge in [-0.05, 0) is 25.0 Å². The van der Waals surface area contributed by atoms with Crippen LogP contribution in [-0.2, 0) is 0 Å². The van der Waals surface area contributed by atoms with E-state index in [1.54, 1.807) is 6.92 Å². The topological polar surface area (TPSA) is 60.9 Å². The molecular formula is C14H13N3OS. The first kappa shape index (κ1) is 11.9. The lowest BCUT2D eigenvalue weighted by molar-refractivity contribution is 0.854. The third-order valence-electron chi connectivity index (χ3n) is 3.21. The summed E-state index contributed by atoms with van der Waals surface area (Å²) in [5.41, 5.74) is 1.87. The lowest BCUT2D eigenvalue weighted by Gasteiger charge is -2.01. The largest absolute Gasteiger partial charge is 0.335 e. The number of nitrogen functional groups attached to an aromatic ring is 1. The first-order valence-corrected chi connectivity index (χ1v) is 6.74. The Morgan fingerprint density at radius 1 is 1.21 bits per heavy atom. The number of aryl methyl sites for hydroxylation is 2. The third kappa shape index (κ3) is 1.74. The molecular weight excluding hydrogens is 258 g/mol. The molecule has 2 aromatic heterocycles. The van der Waals surface area contributed by atoms with Crippen molar-refractivity contribution in [2.75, 3.05) is 5.84 Å². The summed E-state index contributed by atoms with van der Waals surface area (Å²) in [5, 5.41) is 0.622. The van der Waals surface area contributed by atoms with Crippen LogP contribution in [0, 0.1) is 13.8 Å². The molecule has 0 aliphatic carbocycles. The molecule has 0 unspecified atom stereocenters. The molecule has 0 amide bonds. The minimum Gasteiger partial charge on any atom is -0.335 e. The quantitative estimate of drug-likeness (QED) is 0.692. The molecule has 0 aliphatic heterocycles. The summed E-state index contributed by atoms with van der Waals surface area (Å²) in [5.74, 6) is 6.24. The van der Waals surface area contributed by atoms with Crippen molar-refractivity contribution in [2.24, 2.45) is 0 Å². The fraction of sp³-hybridized carbons (Fsp3) is 0.143. The zero-order valence-electron chi connectivity index (χ0n) is 10.7. The van der Waals surface area contributed by atoms with Crippen LogP contribution in [0.25, 0.3) is 20.7 Å². The lowest BCUT2D eigenvalue weighted by atomic mass is 10.1. The van der Waals surface area contributed by atoms with Gasteiger partial charge < -0.3 is 5.84 Å². The van der Waals surface area contributed by atoms with E-state index in [4.69, 9.17) is 5.84 Å². The van der Waals surface area contributed by atoms with Crippen LogP contribution in [0.15, 0.2) is 35.1 Å². The highest BCUT2D eigenvalue weighted by molar-refractivity contribution is 7.22. The number of aromatic nitrogens is 2. The van der Waals surface area contributed by atoms with Crippen molar-refractivity contribution >= 4 is 21.6 Å². The van der Waals surface area contributed by atoms with Gasteiger partial charge in [0, 0.05) is 4.88 Å². The molecule has 0 spiro atoms. The second-order valence-electron chi connectivity index (χ2n) is 4.44. The Hall–Kier alpha value is -2.14. The highest BCUT2D eigenvalue weighted by Gasteiger charge is 2.16. The maximum Gasteiger partial charge on any atom is 0.280 e. The van der Waals surface area contributed by atoms with Crippen molar-refractivity contribution in [1.29, 1.82) is 0 Å². The maximum atomic E-state index is 12.2. The minimum atomic E-state index is -0.182. The van der Waals surface area contributed by atoms with Gasteiger partial charge in [-0.15, -0.1) is 11.3 Å². The van der Waals surface area contributed by atoms with E-state index < -0.39 is 0 Å². The Bertz CT molecular complexity index is 818. The van der Waals surface area contributed by atoms with Gasteiger partial charge in [-0.3, -0.25) is 4.79 Å². The lowest BCUT2D eigenvalue weighted by Crippen LogP contribution is -2.30. The van der Waals surface area contributed by atoms with Crippen LogP contribution in [0.3, 0.4) is 0 Å². The normalized spacial score (nSPS) is 11.1. The van der Waals surface area contributed by atoms with Crippen molar-refractivity contribution < 1.29 is 0 Å². The van der Waals surface area contributed by atoms with E-state index in [1.807, 2.05) is 37.3 Å². The van der Waals surface area contributed by atoms with E-state index in [1.165, 1.54) is 11.3 Å². The zero-order valence-corrected chi connectivity index (χ0v) is 11.5. The SMILES string of the molecule is Cc1c(-c2ccccc2)sc2nc(C)n(N)c(=O)c12. The summed E-state index contributed by atoms with van der Waals surface area (Å²) in [6.45, 7) is 3.68. The minimum absolute atomic E-state index is 0.182. The van der Waals surface area contributed by atoms with Gasteiger partial charge >= 0.3 is 0 Å². The molecule has 0 atom stereocenters. The molecule has 2 heterocycles. The smallest absolute Gasteiger partial charge is 0.280 e. The van der Waals surface area contributed by atoms with E-state index in [-0.39, 0.29) is 5.56 Å². The van der Waals surface area contributed by atoms with Crippen molar-refractivity contribution in [3.63, 3.8) is 0 Å². The molecule has 0 bridgehead atoms. The highest BCUT2D eigenvalue weighted by Crippen LogP contribution is 2.35. The van der Waals surface area contributed by atoms with Crippen LogP contribution in [0.2, 0.25) is 0 Å². The van der Waals surface area contributed by atoms with Crippen LogP contribution < -0.4 is 11.4 Å². The molecule has 3 rings (SSSR count). The van der Waals surface area contributed by atoms with Crippen molar-refractivity contribution in [1.82, 2.24) is 9.66 Å². The molecule has 0 aliphatic rings. The van der Waals surface area contributed by atoms with Crippen LogP contribution in [-0.4, -0.2) is 9.66 Å². The Morgan fingerprint density at radius 3 is 2.58 bits per heavy atom. The van der Waals surface area contributed by atoms with Crippen molar-refractivity contribution in [2.45, 2.75) is 13.8 Å². The van der Waals surface area contributed by atoms with Crippen LogP contribution in [0.1, 0.15) is 11.4 Å². The summed E-state index contributed by atoms with van der Waals surface area (Å²) in [4.78, 5) is 18.4. The van der Waals surface area contributed by atoms with Gasteiger partial charge in [-0.1, -0.05) is 30.3 Å². The number of benzene rings is 1. The molecule has 19 heavy (non-hydrogen) atoms. The average Bonchev–Trinajstić information content (AvgIpc) is 2.74. The Balaban J connectivity index is 2.39. The number of rotatable bonds is 1. The van der Waals surface area contributed by atoms with E-state index in [9.17, 15) is 4.79 Å². The van der Waals surface area contributed by atoms with E-state index in [2.05, 4.69) is 4.98 Å². The van der Waals surface area contributed by atoms with Crippen LogP contribution in [0.5, 0.6) is 0 Å². The molecule has 0 saturated carbocycles. The Labute approximate surface area is 114 Å². The number of hydrogen-bond acceptors (Lipinski definition) is 4. The average molecular weight is 271 g/mol. The summed E-state index contributed by atoms with van der Waals surface area (Å²) in [6, 6.07) is 10.0. The number of nitrogens with two attached hydrogens (primary N) is 1. The second-order valence-corrected chi connectivity index (χ2v) is 5.44.